The van der Waals surface area contributed by atoms with Gasteiger partial charge in [-0.25, -0.2) is 4.68 Å². The Labute approximate surface area is 112 Å². The quantitative estimate of drug-likeness (QED) is 0.882. The van der Waals surface area contributed by atoms with Gasteiger partial charge in [-0.3, -0.25) is 0 Å². The molecule has 1 aromatic carbocycles. The molecular formula is C13H17N5O. The highest BCUT2D eigenvalue weighted by Crippen LogP contribution is 2.16. The van der Waals surface area contributed by atoms with Gasteiger partial charge in [-0.15, -0.1) is 10.2 Å². The minimum atomic E-state index is 0.751. The average molecular weight is 259 g/mol. The highest BCUT2D eigenvalue weighted by atomic mass is 16.5. The molecule has 1 saturated heterocycles. The first-order valence-corrected chi connectivity index (χ1v) is 6.42. The first-order chi connectivity index (χ1) is 9.42. The minimum Gasteiger partial charge on any atom is -0.378 e. The van der Waals surface area contributed by atoms with Gasteiger partial charge in [0.25, 0.3) is 0 Å². The van der Waals surface area contributed by atoms with Gasteiger partial charge < -0.3 is 15.1 Å². The number of anilines is 1. The van der Waals surface area contributed by atoms with E-state index in [-0.39, 0.29) is 0 Å². The molecule has 0 bridgehead atoms. The van der Waals surface area contributed by atoms with E-state index in [1.165, 1.54) is 11.3 Å². The van der Waals surface area contributed by atoms with Crippen molar-refractivity contribution < 1.29 is 4.74 Å². The van der Waals surface area contributed by atoms with E-state index < -0.39 is 0 Å². The zero-order valence-corrected chi connectivity index (χ0v) is 10.7. The normalized spacial score (nSPS) is 15.5. The van der Waals surface area contributed by atoms with Gasteiger partial charge in [-0.2, -0.15) is 0 Å². The van der Waals surface area contributed by atoms with Crippen LogP contribution in [0.3, 0.4) is 0 Å². The summed E-state index contributed by atoms with van der Waals surface area (Å²) in [6, 6.07) is 8.60. The van der Waals surface area contributed by atoms with E-state index in [4.69, 9.17) is 4.74 Å². The zero-order chi connectivity index (χ0) is 12.9. The smallest absolute Gasteiger partial charge is 0.138 e. The number of rotatable bonds is 4. The number of ether oxygens (including phenoxy) is 1. The van der Waals surface area contributed by atoms with Crippen LogP contribution in [0.4, 0.5) is 5.69 Å². The monoisotopic (exact) mass is 259 g/mol. The third-order valence-electron chi connectivity index (χ3n) is 3.20. The molecule has 0 aliphatic carbocycles. The molecule has 2 aromatic rings. The lowest BCUT2D eigenvalue weighted by Crippen LogP contribution is -2.36. The fraction of sp³-hybridized carbons (Fsp3) is 0.385. The SMILES string of the molecule is c1cc(N2CCOCC2)ccc1CNn1cnnc1. The van der Waals surface area contributed by atoms with Crippen LogP contribution in [0.25, 0.3) is 0 Å². The largest absolute Gasteiger partial charge is 0.378 e. The molecule has 1 N–H and O–H groups in total. The molecule has 19 heavy (non-hydrogen) atoms. The fourth-order valence-electron chi connectivity index (χ4n) is 2.11. The van der Waals surface area contributed by atoms with Crippen LogP contribution < -0.4 is 10.3 Å². The Hall–Kier alpha value is -2.08. The predicted molar refractivity (Wildman–Crippen MR) is 72.6 cm³/mol. The van der Waals surface area contributed by atoms with Crippen LogP contribution in [0.2, 0.25) is 0 Å². The van der Waals surface area contributed by atoms with E-state index >= 15 is 0 Å². The highest BCUT2D eigenvalue weighted by molar-refractivity contribution is 5.48. The van der Waals surface area contributed by atoms with Crippen molar-refractivity contribution >= 4 is 5.69 Å². The molecule has 2 heterocycles. The predicted octanol–water partition coefficient (Wildman–Crippen LogP) is 0.858. The Morgan fingerprint density at radius 2 is 1.74 bits per heavy atom. The van der Waals surface area contributed by atoms with E-state index in [9.17, 15) is 0 Å². The van der Waals surface area contributed by atoms with Gasteiger partial charge >= 0.3 is 0 Å². The molecule has 0 unspecified atom stereocenters. The van der Waals surface area contributed by atoms with E-state index in [0.717, 1.165) is 32.8 Å². The molecule has 0 amide bonds. The summed E-state index contributed by atoms with van der Waals surface area (Å²) in [5.41, 5.74) is 5.69. The summed E-state index contributed by atoms with van der Waals surface area (Å²) in [5.74, 6) is 0. The standard InChI is InChI=1S/C13H17N5O/c1-3-13(17-5-7-19-8-6-17)4-2-12(1)9-16-18-10-14-15-11-18/h1-4,10-11,16H,5-9H2. The van der Waals surface area contributed by atoms with Crippen molar-refractivity contribution in [2.24, 2.45) is 0 Å². The average Bonchev–Trinajstić information content (AvgIpc) is 3.00. The fourth-order valence-corrected chi connectivity index (χ4v) is 2.11. The number of morpholine rings is 1. The first-order valence-electron chi connectivity index (χ1n) is 6.42. The molecule has 3 rings (SSSR count). The lowest BCUT2D eigenvalue weighted by molar-refractivity contribution is 0.122. The van der Waals surface area contributed by atoms with Crippen LogP contribution in [-0.2, 0) is 11.3 Å². The van der Waals surface area contributed by atoms with Crippen LogP contribution in [0.1, 0.15) is 5.56 Å². The Morgan fingerprint density at radius 1 is 1.05 bits per heavy atom. The molecule has 100 valence electrons. The number of hydrogen-bond donors (Lipinski definition) is 1. The number of benzene rings is 1. The van der Waals surface area contributed by atoms with E-state index in [1.807, 2.05) is 0 Å². The summed E-state index contributed by atoms with van der Waals surface area (Å²) >= 11 is 0. The molecule has 6 nitrogen and oxygen atoms in total. The molecule has 1 aromatic heterocycles. The third-order valence-corrected chi connectivity index (χ3v) is 3.20. The summed E-state index contributed by atoms with van der Waals surface area (Å²) in [5, 5.41) is 7.48. The van der Waals surface area contributed by atoms with Gasteiger partial charge in [0.1, 0.15) is 12.7 Å². The minimum absolute atomic E-state index is 0.751. The number of aromatic nitrogens is 3. The van der Waals surface area contributed by atoms with Gasteiger partial charge in [0.15, 0.2) is 0 Å². The molecule has 0 saturated carbocycles. The van der Waals surface area contributed by atoms with Crippen molar-refractivity contribution in [1.29, 1.82) is 0 Å². The lowest BCUT2D eigenvalue weighted by atomic mass is 10.2. The number of nitrogens with zero attached hydrogens (tertiary/aromatic N) is 4. The van der Waals surface area contributed by atoms with E-state index in [1.54, 1.807) is 17.3 Å². The zero-order valence-electron chi connectivity index (χ0n) is 10.7. The molecule has 1 fully saturated rings. The summed E-state index contributed by atoms with van der Waals surface area (Å²) in [4.78, 5) is 2.35. The van der Waals surface area contributed by atoms with Gasteiger partial charge in [0, 0.05) is 18.8 Å². The van der Waals surface area contributed by atoms with Crippen molar-refractivity contribution in [3.8, 4) is 0 Å². The number of nitrogens with one attached hydrogen (secondary N) is 1. The van der Waals surface area contributed by atoms with Crippen LogP contribution >= 0.6 is 0 Å². The summed E-state index contributed by atoms with van der Waals surface area (Å²) < 4.78 is 7.10. The molecule has 6 heteroatoms. The van der Waals surface area contributed by atoms with Gasteiger partial charge in [0.05, 0.1) is 19.8 Å². The van der Waals surface area contributed by atoms with Crippen molar-refractivity contribution in [1.82, 2.24) is 14.9 Å². The molecule has 0 atom stereocenters. The second-order valence-corrected chi connectivity index (χ2v) is 4.47. The van der Waals surface area contributed by atoms with Crippen LogP contribution in [0.15, 0.2) is 36.9 Å². The molecule has 0 spiro atoms. The molecular weight excluding hydrogens is 242 g/mol. The van der Waals surface area contributed by atoms with Gasteiger partial charge in [-0.05, 0) is 17.7 Å². The number of hydrogen-bond acceptors (Lipinski definition) is 5. The third kappa shape index (κ3) is 3.03. The molecule has 1 aliphatic heterocycles. The summed E-state index contributed by atoms with van der Waals surface area (Å²) in [7, 11) is 0. The van der Waals surface area contributed by atoms with Crippen molar-refractivity contribution in [3.05, 3.63) is 42.5 Å². The Bertz CT molecular complexity index is 490. The Kier molecular flexibility index (Phi) is 3.60. The summed E-state index contributed by atoms with van der Waals surface area (Å²) in [6.07, 6.45) is 3.28. The van der Waals surface area contributed by atoms with Crippen molar-refractivity contribution in [2.75, 3.05) is 36.6 Å². The maximum atomic E-state index is 5.36. The van der Waals surface area contributed by atoms with E-state index in [2.05, 4.69) is 44.8 Å². The summed E-state index contributed by atoms with van der Waals surface area (Å²) in [6.45, 7) is 4.33. The Balaban J connectivity index is 1.58. The van der Waals surface area contributed by atoms with Crippen LogP contribution in [0.5, 0.6) is 0 Å². The molecule has 1 aliphatic rings. The van der Waals surface area contributed by atoms with Crippen molar-refractivity contribution in [2.45, 2.75) is 6.54 Å². The maximum Gasteiger partial charge on any atom is 0.138 e. The molecule has 0 radical (unpaired) electrons. The maximum absolute atomic E-state index is 5.36. The highest BCUT2D eigenvalue weighted by Gasteiger charge is 2.10. The topological polar surface area (TPSA) is 55.2 Å². The van der Waals surface area contributed by atoms with Gasteiger partial charge in [-0.1, -0.05) is 12.1 Å². The van der Waals surface area contributed by atoms with Crippen molar-refractivity contribution in [3.63, 3.8) is 0 Å². The second kappa shape index (κ2) is 5.71. The van der Waals surface area contributed by atoms with E-state index in [0.29, 0.717) is 0 Å². The second-order valence-electron chi connectivity index (χ2n) is 4.47. The lowest BCUT2D eigenvalue weighted by Gasteiger charge is -2.28. The Morgan fingerprint density at radius 3 is 2.42 bits per heavy atom. The van der Waals surface area contributed by atoms with Crippen LogP contribution in [0, 0.1) is 0 Å². The van der Waals surface area contributed by atoms with Crippen LogP contribution in [-0.4, -0.2) is 41.2 Å². The first kappa shape index (κ1) is 12.0. The van der Waals surface area contributed by atoms with Gasteiger partial charge in [0.2, 0.25) is 0 Å².